The number of nitriles is 1. The smallest absolute Gasteiger partial charge is 0.200 e. The lowest BCUT2D eigenvalue weighted by Crippen LogP contribution is -2.09. The molecule has 0 spiro atoms. The topological polar surface area (TPSA) is 90.5 Å². The summed E-state index contributed by atoms with van der Waals surface area (Å²) in [7, 11) is 0. The minimum Gasteiger partial charge on any atom is -0.506 e. The molecule has 0 saturated heterocycles. The van der Waals surface area contributed by atoms with E-state index in [0.29, 0.717) is 22.4 Å². The number of carbonyl (C=O) groups is 2. The summed E-state index contributed by atoms with van der Waals surface area (Å²) in [5, 5.41) is 19.7. The van der Waals surface area contributed by atoms with Crippen molar-refractivity contribution in [2.75, 3.05) is 0 Å². The largest absolute Gasteiger partial charge is 0.506 e. The maximum atomic E-state index is 12.5. The van der Waals surface area contributed by atoms with Crippen molar-refractivity contribution in [3.63, 3.8) is 0 Å². The van der Waals surface area contributed by atoms with Crippen molar-refractivity contribution in [2.45, 2.75) is 6.92 Å². The summed E-state index contributed by atoms with van der Waals surface area (Å²) >= 11 is 0. The van der Waals surface area contributed by atoms with Crippen molar-refractivity contribution in [3.8, 4) is 6.07 Å². The maximum Gasteiger partial charge on any atom is 0.200 e. The van der Waals surface area contributed by atoms with Gasteiger partial charge in [0.2, 0.25) is 0 Å². The second-order valence-corrected chi connectivity index (χ2v) is 5.28. The molecule has 0 saturated carbocycles. The monoisotopic (exact) mass is 316 g/mol. The van der Waals surface area contributed by atoms with Crippen molar-refractivity contribution < 1.29 is 14.7 Å². The number of carbonyl (C=O) groups excluding carboxylic acids is 2. The van der Waals surface area contributed by atoms with Crippen LogP contribution >= 0.6 is 0 Å². The third-order valence-electron chi connectivity index (χ3n) is 3.73. The second-order valence-electron chi connectivity index (χ2n) is 5.28. The van der Waals surface area contributed by atoms with Crippen molar-refractivity contribution in [2.24, 2.45) is 4.99 Å². The Kier molecular flexibility index (Phi) is 3.80. The lowest BCUT2D eigenvalue weighted by molar-refractivity contribution is 0.101. The first-order valence-corrected chi connectivity index (χ1v) is 7.20. The van der Waals surface area contributed by atoms with Gasteiger partial charge in [-0.15, -0.1) is 0 Å². The van der Waals surface area contributed by atoms with Gasteiger partial charge in [0.15, 0.2) is 17.3 Å². The molecule has 24 heavy (non-hydrogen) atoms. The predicted molar refractivity (Wildman–Crippen MR) is 89.5 cm³/mol. The van der Waals surface area contributed by atoms with Gasteiger partial charge in [-0.2, -0.15) is 5.26 Å². The zero-order valence-electron chi connectivity index (χ0n) is 12.8. The molecule has 0 amide bonds. The Labute approximate surface area is 138 Å². The Morgan fingerprint density at radius 1 is 1.12 bits per heavy atom. The van der Waals surface area contributed by atoms with Crippen molar-refractivity contribution in [1.82, 2.24) is 0 Å². The summed E-state index contributed by atoms with van der Waals surface area (Å²) in [4.78, 5) is 28.1. The van der Waals surface area contributed by atoms with Crippen LogP contribution in [0.15, 0.2) is 59.1 Å². The minimum absolute atomic E-state index is 0.119. The van der Waals surface area contributed by atoms with Crippen LogP contribution in [0.25, 0.3) is 5.76 Å². The molecule has 0 aliphatic heterocycles. The molecule has 3 rings (SSSR count). The van der Waals surface area contributed by atoms with E-state index in [1.54, 1.807) is 42.5 Å². The first-order valence-electron chi connectivity index (χ1n) is 7.20. The van der Waals surface area contributed by atoms with Crippen LogP contribution in [0, 0.1) is 11.3 Å². The summed E-state index contributed by atoms with van der Waals surface area (Å²) in [6, 6.07) is 14.9. The number of fused-ring (bicyclic) bond motifs is 1. The van der Waals surface area contributed by atoms with E-state index in [2.05, 4.69) is 4.99 Å². The molecule has 5 heteroatoms. The Bertz CT molecular complexity index is 978. The molecule has 1 aliphatic rings. The molecule has 0 fully saturated rings. The molecule has 1 N–H and O–H groups in total. The summed E-state index contributed by atoms with van der Waals surface area (Å²) < 4.78 is 0. The average Bonchev–Trinajstić information content (AvgIpc) is 2.85. The molecule has 0 unspecified atom stereocenters. The van der Waals surface area contributed by atoms with Crippen LogP contribution in [0.5, 0.6) is 0 Å². The lowest BCUT2D eigenvalue weighted by atomic mass is 10.1. The van der Waals surface area contributed by atoms with Crippen molar-refractivity contribution in [1.29, 1.82) is 5.26 Å². The number of aliphatic imine (C=N–C) groups is 1. The van der Waals surface area contributed by atoms with Crippen LogP contribution < -0.4 is 0 Å². The van der Waals surface area contributed by atoms with Gasteiger partial charge in [0, 0.05) is 16.7 Å². The fourth-order valence-electron chi connectivity index (χ4n) is 2.54. The molecule has 5 nitrogen and oxygen atoms in total. The van der Waals surface area contributed by atoms with E-state index in [4.69, 9.17) is 0 Å². The highest BCUT2D eigenvalue weighted by atomic mass is 16.3. The van der Waals surface area contributed by atoms with E-state index in [-0.39, 0.29) is 22.8 Å². The summed E-state index contributed by atoms with van der Waals surface area (Å²) in [5.74, 6) is -0.818. The van der Waals surface area contributed by atoms with Crippen LogP contribution in [0.3, 0.4) is 0 Å². The van der Waals surface area contributed by atoms with E-state index < -0.39 is 5.78 Å². The van der Waals surface area contributed by atoms with Gasteiger partial charge >= 0.3 is 0 Å². The highest BCUT2D eigenvalue weighted by Gasteiger charge is 2.32. The Morgan fingerprint density at radius 3 is 2.46 bits per heavy atom. The highest BCUT2D eigenvalue weighted by molar-refractivity contribution is 6.39. The highest BCUT2D eigenvalue weighted by Crippen LogP contribution is 2.32. The molecule has 0 radical (unpaired) electrons. The van der Waals surface area contributed by atoms with E-state index in [1.165, 1.54) is 13.0 Å². The van der Waals surface area contributed by atoms with Gasteiger partial charge in [-0.1, -0.05) is 36.4 Å². The number of aliphatic hydroxyl groups excluding tert-OH is 1. The molecule has 116 valence electrons. The Balaban J connectivity index is 2.10. The fourth-order valence-corrected chi connectivity index (χ4v) is 2.54. The van der Waals surface area contributed by atoms with E-state index in [9.17, 15) is 20.0 Å². The summed E-state index contributed by atoms with van der Waals surface area (Å²) in [5.41, 5.74) is 1.24. The van der Waals surface area contributed by atoms with Crippen molar-refractivity contribution in [3.05, 3.63) is 70.8 Å². The first kappa shape index (κ1) is 15.4. The minimum atomic E-state index is -0.439. The molecule has 2 aromatic rings. The first-order chi connectivity index (χ1) is 11.5. The average molecular weight is 316 g/mol. The molecule has 0 bridgehead atoms. The molecule has 0 aromatic heterocycles. The Morgan fingerprint density at radius 2 is 1.83 bits per heavy atom. The van der Waals surface area contributed by atoms with E-state index in [1.807, 2.05) is 6.07 Å². The van der Waals surface area contributed by atoms with Crippen LogP contribution in [0.4, 0.5) is 5.69 Å². The second kappa shape index (κ2) is 5.94. The van der Waals surface area contributed by atoms with Crippen molar-refractivity contribution >= 4 is 28.7 Å². The summed E-state index contributed by atoms with van der Waals surface area (Å²) in [6.07, 6.45) is 0. The number of allylic oxidation sites excluding steroid dienone is 1. The number of benzene rings is 2. The van der Waals surface area contributed by atoms with Gasteiger partial charge in [-0.3, -0.25) is 9.59 Å². The van der Waals surface area contributed by atoms with E-state index in [0.717, 1.165) is 0 Å². The quantitative estimate of drug-likeness (QED) is 0.691. The molecule has 1 aliphatic carbocycles. The number of rotatable bonds is 3. The van der Waals surface area contributed by atoms with Crippen LogP contribution in [-0.2, 0) is 0 Å². The number of hydrogen-bond acceptors (Lipinski definition) is 5. The summed E-state index contributed by atoms with van der Waals surface area (Å²) in [6.45, 7) is 1.43. The normalized spacial score (nSPS) is 13.7. The number of nitrogens with zero attached hydrogens (tertiary/aromatic N) is 2. The third kappa shape index (κ3) is 2.50. The third-order valence-corrected chi connectivity index (χ3v) is 3.73. The fraction of sp³-hybridized carbons (Fsp3) is 0.0526. The molecule has 2 aromatic carbocycles. The zero-order valence-corrected chi connectivity index (χ0v) is 12.8. The molecule has 0 heterocycles. The van der Waals surface area contributed by atoms with E-state index >= 15 is 0 Å². The van der Waals surface area contributed by atoms with Gasteiger partial charge in [0.05, 0.1) is 5.69 Å². The number of ketones is 2. The number of hydrogen-bond donors (Lipinski definition) is 1. The number of Topliss-reactive ketones (excluding diaryl/α,β-unsaturated/α-hetero) is 2. The standard InChI is InChI=1S/C19H12N2O3/c1-11(22)12-5-4-6-13(9-12)21-16(10-20)17-18(23)14-7-2-3-8-15(14)19(17)24/h2-9,23H,1H3. The van der Waals surface area contributed by atoms with Gasteiger partial charge in [0.25, 0.3) is 0 Å². The van der Waals surface area contributed by atoms with Gasteiger partial charge < -0.3 is 5.11 Å². The molecular weight excluding hydrogens is 304 g/mol. The lowest BCUT2D eigenvalue weighted by Gasteiger charge is -2.01. The van der Waals surface area contributed by atoms with Crippen LogP contribution in [0.1, 0.15) is 33.2 Å². The van der Waals surface area contributed by atoms with Gasteiger partial charge in [0.1, 0.15) is 17.4 Å². The van der Waals surface area contributed by atoms with Crippen LogP contribution in [0.2, 0.25) is 0 Å². The predicted octanol–water partition coefficient (Wildman–Crippen LogP) is 3.65. The molecular formula is C19H12N2O3. The zero-order chi connectivity index (χ0) is 17.3. The Hall–Kier alpha value is -3.52. The van der Waals surface area contributed by atoms with Gasteiger partial charge in [-0.05, 0) is 19.1 Å². The molecule has 0 atom stereocenters. The van der Waals surface area contributed by atoms with Crippen LogP contribution in [-0.4, -0.2) is 22.4 Å². The number of aliphatic hydroxyl groups is 1. The SMILES string of the molecule is CC(=O)c1cccc(N=C(C#N)C2=C(O)c3ccccc3C2=O)c1. The maximum absolute atomic E-state index is 12.5. The van der Waals surface area contributed by atoms with Gasteiger partial charge in [-0.25, -0.2) is 4.99 Å².